The molecule has 6 nitrogen and oxygen atoms in total. The second-order valence-corrected chi connectivity index (χ2v) is 4.36. The standard InChI is InChI=1S/C11H18N2O4/c1-7(2)3-4-12-11(17)13-6-8(14)5-9(13)10(15)16/h3,8-9,14H,4-6H2,1-2H3,(H,12,17)(H,15,16)/t8-,9+/m1/s1. The molecule has 0 unspecified atom stereocenters. The summed E-state index contributed by atoms with van der Waals surface area (Å²) in [5, 5.41) is 20.9. The van der Waals surface area contributed by atoms with Crippen molar-refractivity contribution in [1.82, 2.24) is 10.2 Å². The number of nitrogens with zero attached hydrogens (tertiary/aromatic N) is 1. The lowest BCUT2D eigenvalue weighted by molar-refractivity contribution is -0.141. The molecule has 0 aromatic heterocycles. The topological polar surface area (TPSA) is 89.9 Å². The predicted octanol–water partition coefficient (Wildman–Crippen LogP) is 0.182. The molecule has 1 aliphatic rings. The highest BCUT2D eigenvalue weighted by atomic mass is 16.4. The summed E-state index contributed by atoms with van der Waals surface area (Å²) in [6.45, 7) is 4.25. The van der Waals surface area contributed by atoms with Crippen LogP contribution >= 0.6 is 0 Å². The van der Waals surface area contributed by atoms with Crippen LogP contribution in [0.15, 0.2) is 11.6 Å². The zero-order chi connectivity index (χ0) is 13.0. The Morgan fingerprint density at radius 2 is 2.12 bits per heavy atom. The van der Waals surface area contributed by atoms with Crippen LogP contribution in [0.5, 0.6) is 0 Å². The lowest BCUT2D eigenvalue weighted by Gasteiger charge is -2.21. The summed E-state index contributed by atoms with van der Waals surface area (Å²) in [5.74, 6) is -1.08. The van der Waals surface area contributed by atoms with Gasteiger partial charge < -0.3 is 20.4 Å². The van der Waals surface area contributed by atoms with Gasteiger partial charge in [0.15, 0.2) is 0 Å². The average Bonchev–Trinajstić information content (AvgIpc) is 2.59. The van der Waals surface area contributed by atoms with Gasteiger partial charge in [-0.2, -0.15) is 0 Å². The van der Waals surface area contributed by atoms with E-state index in [4.69, 9.17) is 5.11 Å². The molecule has 2 amide bonds. The Balaban J connectivity index is 2.55. The Morgan fingerprint density at radius 1 is 1.47 bits per heavy atom. The molecular formula is C11H18N2O4. The van der Waals surface area contributed by atoms with Crippen LogP contribution in [-0.2, 0) is 4.79 Å². The highest BCUT2D eigenvalue weighted by Crippen LogP contribution is 2.17. The van der Waals surface area contributed by atoms with Gasteiger partial charge in [-0.3, -0.25) is 0 Å². The third-order valence-electron chi connectivity index (χ3n) is 2.59. The Morgan fingerprint density at radius 3 is 2.65 bits per heavy atom. The second-order valence-electron chi connectivity index (χ2n) is 4.36. The number of carboxylic acids is 1. The number of β-amino-alcohol motifs (C(OH)–C–C–N with tert-alkyl or cyclic N) is 1. The molecule has 1 heterocycles. The van der Waals surface area contributed by atoms with Gasteiger partial charge in [-0.05, 0) is 13.8 Å². The number of rotatable bonds is 3. The SMILES string of the molecule is CC(C)=CCNC(=O)N1C[C@H](O)C[C@H]1C(=O)O. The fraction of sp³-hybridized carbons (Fsp3) is 0.636. The zero-order valence-electron chi connectivity index (χ0n) is 10.0. The molecule has 0 aliphatic carbocycles. The monoisotopic (exact) mass is 242 g/mol. The number of aliphatic hydroxyl groups is 1. The molecule has 17 heavy (non-hydrogen) atoms. The Hall–Kier alpha value is -1.56. The molecule has 0 spiro atoms. The van der Waals surface area contributed by atoms with Gasteiger partial charge in [0.25, 0.3) is 0 Å². The molecule has 96 valence electrons. The van der Waals surface area contributed by atoms with Crippen molar-refractivity contribution in [3.8, 4) is 0 Å². The summed E-state index contributed by atoms with van der Waals surface area (Å²) < 4.78 is 0. The van der Waals surface area contributed by atoms with Crippen molar-refractivity contribution in [2.45, 2.75) is 32.4 Å². The number of aliphatic hydroxyl groups excluding tert-OH is 1. The van der Waals surface area contributed by atoms with Crippen molar-refractivity contribution in [3.63, 3.8) is 0 Å². The first-order chi connectivity index (χ1) is 7.91. The average molecular weight is 242 g/mol. The lowest BCUT2D eigenvalue weighted by Crippen LogP contribution is -2.46. The van der Waals surface area contributed by atoms with E-state index in [1.807, 2.05) is 19.9 Å². The number of aliphatic carboxylic acids is 1. The molecule has 0 aromatic rings. The van der Waals surface area contributed by atoms with Crippen molar-refractivity contribution in [1.29, 1.82) is 0 Å². The maximum Gasteiger partial charge on any atom is 0.326 e. The van der Waals surface area contributed by atoms with E-state index in [1.54, 1.807) is 0 Å². The number of allylic oxidation sites excluding steroid dienone is 1. The summed E-state index contributed by atoms with van der Waals surface area (Å²) in [6.07, 6.45) is 1.16. The number of hydrogen-bond donors (Lipinski definition) is 3. The van der Waals surface area contributed by atoms with Gasteiger partial charge in [0.2, 0.25) is 0 Å². The fourth-order valence-corrected chi connectivity index (χ4v) is 1.72. The first kappa shape index (κ1) is 13.5. The van der Waals surface area contributed by atoms with E-state index in [0.29, 0.717) is 6.54 Å². The van der Waals surface area contributed by atoms with E-state index in [1.165, 1.54) is 0 Å². The number of urea groups is 1. The van der Waals surface area contributed by atoms with Gasteiger partial charge in [0, 0.05) is 19.5 Å². The molecule has 1 rings (SSSR count). The van der Waals surface area contributed by atoms with Gasteiger partial charge in [-0.25, -0.2) is 9.59 Å². The van der Waals surface area contributed by atoms with Crippen molar-refractivity contribution < 1.29 is 19.8 Å². The molecule has 0 bridgehead atoms. The van der Waals surface area contributed by atoms with E-state index >= 15 is 0 Å². The predicted molar refractivity (Wildman–Crippen MR) is 61.6 cm³/mol. The molecule has 1 fully saturated rings. The maximum atomic E-state index is 11.7. The Kier molecular flexibility index (Phi) is 4.51. The van der Waals surface area contributed by atoms with Crippen molar-refractivity contribution in [2.24, 2.45) is 0 Å². The highest BCUT2D eigenvalue weighted by molar-refractivity contribution is 5.83. The van der Waals surface area contributed by atoms with Crippen LogP contribution in [0, 0.1) is 0 Å². The third-order valence-corrected chi connectivity index (χ3v) is 2.59. The lowest BCUT2D eigenvalue weighted by atomic mass is 10.2. The number of carbonyl (C=O) groups is 2. The van der Waals surface area contributed by atoms with Crippen LogP contribution in [0.25, 0.3) is 0 Å². The van der Waals surface area contributed by atoms with E-state index in [9.17, 15) is 14.7 Å². The minimum atomic E-state index is -1.08. The van der Waals surface area contributed by atoms with Gasteiger partial charge >= 0.3 is 12.0 Å². The fourth-order valence-electron chi connectivity index (χ4n) is 1.72. The summed E-state index contributed by atoms with van der Waals surface area (Å²) in [6, 6.07) is -1.39. The van der Waals surface area contributed by atoms with Gasteiger partial charge in [-0.15, -0.1) is 0 Å². The Labute approximate surface area is 99.9 Å². The van der Waals surface area contributed by atoms with E-state index < -0.39 is 24.1 Å². The zero-order valence-corrected chi connectivity index (χ0v) is 10.0. The maximum absolute atomic E-state index is 11.7. The van der Waals surface area contributed by atoms with Crippen LogP contribution in [0.1, 0.15) is 20.3 Å². The molecule has 0 saturated carbocycles. The molecule has 1 saturated heterocycles. The first-order valence-corrected chi connectivity index (χ1v) is 5.50. The largest absolute Gasteiger partial charge is 0.480 e. The summed E-state index contributed by atoms with van der Waals surface area (Å²) >= 11 is 0. The van der Waals surface area contributed by atoms with E-state index in [0.717, 1.165) is 10.5 Å². The van der Waals surface area contributed by atoms with Crippen LogP contribution in [-0.4, -0.2) is 52.3 Å². The number of nitrogens with one attached hydrogen (secondary N) is 1. The van der Waals surface area contributed by atoms with Crippen LogP contribution < -0.4 is 5.32 Å². The van der Waals surface area contributed by atoms with Gasteiger partial charge in [0.05, 0.1) is 6.10 Å². The summed E-state index contributed by atoms with van der Waals surface area (Å²) in [7, 11) is 0. The third kappa shape index (κ3) is 3.74. The van der Waals surface area contributed by atoms with E-state index in [-0.39, 0.29) is 13.0 Å². The van der Waals surface area contributed by atoms with Crippen LogP contribution in [0.2, 0.25) is 0 Å². The van der Waals surface area contributed by atoms with Crippen LogP contribution in [0.3, 0.4) is 0 Å². The molecule has 0 aromatic carbocycles. The summed E-state index contributed by atoms with van der Waals surface area (Å²) in [4.78, 5) is 23.8. The minimum Gasteiger partial charge on any atom is -0.480 e. The second kappa shape index (κ2) is 5.67. The van der Waals surface area contributed by atoms with Crippen molar-refractivity contribution in [3.05, 3.63) is 11.6 Å². The summed E-state index contributed by atoms with van der Waals surface area (Å²) in [5.41, 5.74) is 1.07. The normalized spacial score (nSPS) is 23.4. The van der Waals surface area contributed by atoms with Crippen molar-refractivity contribution >= 4 is 12.0 Å². The molecule has 1 aliphatic heterocycles. The highest BCUT2D eigenvalue weighted by Gasteiger charge is 2.38. The smallest absolute Gasteiger partial charge is 0.326 e. The number of carboxylic acid groups (broad SMARTS) is 1. The first-order valence-electron chi connectivity index (χ1n) is 5.50. The number of hydrogen-bond acceptors (Lipinski definition) is 3. The number of amides is 2. The van der Waals surface area contributed by atoms with E-state index in [2.05, 4.69) is 5.32 Å². The van der Waals surface area contributed by atoms with Crippen LogP contribution in [0.4, 0.5) is 4.79 Å². The Bertz CT molecular complexity index is 336. The molecular weight excluding hydrogens is 224 g/mol. The molecule has 0 radical (unpaired) electrons. The number of carbonyl (C=O) groups excluding carboxylic acids is 1. The van der Waals surface area contributed by atoms with Crippen molar-refractivity contribution in [2.75, 3.05) is 13.1 Å². The molecule has 6 heteroatoms. The molecule has 2 atom stereocenters. The van der Waals surface area contributed by atoms with Gasteiger partial charge in [-0.1, -0.05) is 11.6 Å². The molecule has 3 N–H and O–H groups in total. The minimum absolute atomic E-state index is 0.0671. The quantitative estimate of drug-likeness (QED) is 0.616. The van der Waals surface area contributed by atoms with Gasteiger partial charge in [0.1, 0.15) is 6.04 Å². The number of likely N-dealkylation sites (tertiary alicyclic amines) is 1.